The highest BCUT2D eigenvalue weighted by molar-refractivity contribution is 5.49. The summed E-state index contributed by atoms with van der Waals surface area (Å²) in [6.45, 7) is 33.3. The molecule has 3 unspecified atom stereocenters. The fourth-order valence-electron chi connectivity index (χ4n) is 3.21. The zero-order valence-electron chi connectivity index (χ0n) is 24.1. The van der Waals surface area contributed by atoms with Gasteiger partial charge in [-0.15, -0.1) is 0 Å². The summed E-state index contributed by atoms with van der Waals surface area (Å²) in [4.78, 5) is 0. The van der Waals surface area contributed by atoms with Crippen LogP contribution in [0.4, 0.5) is 17.6 Å². The SMILES string of the molecule is C=C(/C=C(/F)C(=C)C(=C)/C=C(/F)C(=C)C)OC(F)(F)C(C)CCC(C)C(=C)/C=C\C(=C)C(C)CCC(C)C. The number of hydrogen-bond acceptors (Lipinski definition) is 1. The third-order valence-corrected chi connectivity index (χ3v) is 6.50. The summed E-state index contributed by atoms with van der Waals surface area (Å²) in [6.07, 6.45) is 4.75. The van der Waals surface area contributed by atoms with Crippen molar-refractivity contribution in [2.45, 2.75) is 73.3 Å². The van der Waals surface area contributed by atoms with Gasteiger partial charge in [0, 0.05) is 11.6 Å². The van der Waals surface area contributed by atoms with E-state index in [0.717, 1.165) is 30.1 Å². The number of rotatable bonds is 18. The van der Waals surface area contributed by atoms with Crippen molar-refractivity contribution >= 4 is 0 Å². The van der Waals surface area contributed by atoms with E-state index in [1.54, 1.807) is 0 Å². The van der Waals surface area contributed by atoms with Crippen LogP contribution in [0.1, 0.15) is 67.2 Å². The number of hydrogen-bond donors (Lipinski definition) is 0. The molecule has 0 aliphatic heterocycles. The van der Waals surface area contributed by atoms with Gasteiger partial charge in [-0.25, -0.2) is 8.78 Å². The molecular weight excluding hydrogens is 488 g/mol. The molecule has 0 radical (unpaired) electrons. The lowest BCUT2D eigenvalue weighted by molar-refractivity contribution is -0.244. The van der Waals surface area contributed by atoms with Gasteiger partial charge in [0.2, 0.25) is 0 Å². The van der Waals surface area contributed by atoms with E-state index in [-0.39, 0.29) is 29.1 Å². The van der Waals surface area contributed by atoms with Gasteiger partial charge in [-0.05, 0) is 61.2 Å². The first-order valence-corrected chi connectivity index (χ1v) is 13.0. The van der Waals surface area contributed by atoms with Crippen molar-refractivity contribution in [1.82, 2.24) is 0 Å². The molecule has 38 heavy (non-hydrogen) atoms. The standard InChI is InChI=1S/C33H46F4O/c1-21(2)13-14-23(5)24(6)15-16-25(7)26(8)17-18-28(10)33(36,37)38-29(11)20-32(35)30(12)27(9)19-31(34)22(3)4/h15-16,19-21,23,26,28H,3,6-7,9,11-14,17-18H2,1-2,4-5,8,10H3/b16-15-,31-19+,32-20+. The summed E-state index contributed by atoms with van der Waals surface area (Å²) < 4.78 is 62.2. The van der Waals surface area contributed by atoms with E-state index < -0.39 is 29.4 Å². The summed E-state index contributed by atoms with van der Waals surface area (Å²) in [5.41, 5.74) is 1.65. The van der Waals surface area contributed by atoms with Gasteiger partial charge in [0.15, 0.2) is 0 Å². The van der Waals surface area contributed by atoms with Crippen LogP contribution in [0.5, 0.6) is 0 Å². The summed E-state index contributed by atoms with van der Waals surface area (Å²) in [7, 11) is 0. The first-order chi connectivity index (χ1) is 17.4. The Morgan fingerprint density at radius 3 is 1.66 bits per heavy atom. The van der Waals surface area contributed by atoms with Crippen LogP contribution in [0.3, 0.4) is 0 Å². The van der Waals surface area contributed by atoms with Gasteiger partial charge >= 0.3 is 6.11 Å². The molecule has 0 saturated heterocycles. The van der Waals surface area contributed by atoms with Crippen LogP contribution in [0.15, 0.2) is 109 Å². The lowest BCUT2D eigenvalue weighted by Gasteiger charge is -2.25. The zero-order chi connectivity index (χ0) is 29.8. The first-order valence-electron chi connectivity index (χ1n) is 13.0. The Balaban J connectivity index is 4.96. The maximum atomic E-state index is 14.7. The van der Waals surface area contributed by atoms with Crippen LogP contribution in [0.25, 0.3) is 0 Å². The van der Waals surface area contributed by atoms with Crippen LogP contribution in [0.2, 0.25) is 0 Å². The topological polar surface area (TPSA) is 9.23 Å². The molecule has 0 aromatic rings. The molecular formula is C33H46F4O. The Kier molecular flexibility index (Phi) is 15.0. The Morgan fingerprint density at radius 1 is 0.737 bits per heavy atom. The summed E-state index contributed by atoms with van der Waals surface area (Å²) in [6, 6.07) is 0. The molecule has 0 heterocycles. The number of ether oxygens (including phenoxy) is 1. The average Bonchev–Trinajstić information content (AvgIpc) is 2.82. The molecule has 5 heteroatoms. The van der Waals surface area contributed by atoms with Crippen molar-refractivity contribution in [3.05, 3.63) is 109 Å². The van der Waals surface area contributed by atoms with E-state index in [4.69, 9.17) is 4.74 Å². The number of halogens is 4. The molecule has 0 aromatic carbocycles. The van der Waals surface area contributed by atoms with Gasteiger partial charge < -0.3 is 4.74 Å². The minimum Gasteiger partial charge on any atom is -0.433 e. The highest BCUT2D eigenvalue weighted by Crippen LogP contribution is 2.34. The third-order valence-electron chi connectivity index (χ3n) is 6.50. The van der Waals surface area contributed by atoms with Crippen molar-refractivity contribution < 1.29 is 22.3 Å². The number of alkyl halides is 2. The van der Waals surface area contributed by atoms with Crippen LogP contribution in [0, 0.1) is 23.7 Å². The van der Waals surface area contributed by atoms with E-state index in [0.29, 0.717) is 24.3 Å². The highest BCUT2D eigenvalue weighted by Gasteiger charge is 2.39. The maximum absolute atomic E-state index is 14.7. The maximum Gasteiger partial charge on any atom is 0.400 e. The lowest BCUT2D eigenvalue weighted by atomic mass is 9.90. The van der Waals surface area contributed by atoms with Crippen LogP contribution >= 0.6 is 0 Å². The average molecular weight is 535 g/mol. The minimum absolute atomic E-state index is 0.0224. The van der Waals surface area contributed by atoms with Gasteiger partial charge in [0.05, 0.1) is 5.92 Å². The van der Waals surface area contributed by atoms with Crippen molar-refractivity contribution in [2.75, 3.05) is 0 Å². The van der Waals surface area contributed by atoms with E-state index >= 15 is 0 Å². The largest absolute Gasteiger partial charge is 0.433 e. The molecule has 0 amide bonds. The van der Waals surface area contributed by atoms with Gasteiger partial charge in [-0.1, -0.05) is 104 Å². The van der Waals surface area contributed by atoms with Crippen molar-refractivity contribution in [3.8, 4) is 0 Å². The highest BCUT2D eigenvalue weighted by atomic mass is 19.3. The predicted molar refractivity (Wildman–Crippen MR) is 155 cm³/mol. The van der Waals surface area contributed by atoms with E-state index in [2.05, 4.69) is 60.2 Å². The van der Waals surface area contributed by atoms with Crippen molar-refractivity contribution in [1.29, 1.82) is 0 Å². The molecule has 0 fully saturated rings. The molecule has 0 saturated carbocycles. The molecule has 0 bridgehead atoms. The molecule has 0 spiro atoms. The molecule has 1 nitrogen and oxygen atoms in total. The Bertz CT molecular complexity index is 990. The zero-order valence-corrected chi connectivity index (χ0v) is 24.1. The molecule has 212 valence electrons. The van der Waals surface area contributed by atoms with E-state index in [1.807, 2.05) is 19.1 Å². The van der Waals surface area contributed by atoms with Crippen molar-refractivity contribution in [2.24, 2.45) is 23.7 Å². The number of allylic oxidation sites excluding steroid dienone is 11. The second-order valence-corrected chi connectivity index (χ2v) is 10.6. The first kappa shape index (κ1) is 35.2. The second-order valence-electron chi connectivity index (χ2n) is 10.6. The molecule has 0 aliphatic rings. The fraction of sp³-hybridized carbons (Fsp3) is 0.455. The van der Waals surface area contributed by atoms with Gasteiger partial charge in [-0.3, -0.25) is 0 Å². The fourth-order valence-corrected chi connectivity index (χ4v) is 3.21. The quantitative estimate of drug-likeness (QED) is 0.0965. The summed E-state index contributed by atoms with van der Waals surface area (Å²) in [5.74, 6) is -2.46. The predicted octanol–water partition coefficient (Wildman–Crippen LogP) is 11.3. The summed E-state index contributed by atoms with van der Waals surface area (Å²) >= 11 is 0. The van der Waals surface area contributed by atoms with Crippen LogP contribution < -0.4 is 0 Å². The van der Waals surface area contributed by atoms with E-state index in [1.165, 1.54) is 13.8 Å². The Hall–Kier alpha value is -2.82. The van der Waals surface area contributed by atoms with Gasteiger partial charge in [-0.2, -0.15) is 8.78 Å². The van der Waals surface area contributed by atoms with E-state index in [9.17, 15) is 17.6 Å². The molecule has 0 aromatic heterocycles. The molecule has 3 atom stereocenters. The molecule has 0 N–H and O–H groups in total. The monoisotopic (exact) mass is 534 g/mol. The van der Waals surface area contributed by atoms with Crippen LogP contribution in [-0.2, 0) is 4.74 Å². The van der Waals surface area contributed by atoms with Crippen molar-refractivity contribution in [3.63, 3.8) is 0 Å². The lowest BCUT2D eigenvalue weighted by Crippen LogP contribution is -2.29. The minimum atomic E-state index is -3.57. The summed E-state index contributed by atoms with van der Waals surface area (Å²) in [5, 5.41) is 0. The second kappa shape index (κ2) is 16.2. The van der Waals surface area contributed by atoms with Gasteiger partial charge in [0.25, 0.3) is 0 Å². The normalized spacial score (nSPS) is 15.2. The smallest absolute Gasteiger partial charge is 0.400 e. The molecule has 0 rings (SSSR count). The van der Waals surface area contributed by atoms with Gasteiger partial charge in [0.1, 0.15) is 17.4 Å². The third kappa shape index (κ3) is 13.1. The van der Waals surface area contributed by atoms with Crippen LogP contribution in [-0.4, -0.2) is 6.11 Å². The Morgan fingerprint density at radius 2 is 1.21 bits per heavy atom. The molecule has 0 aliphatic carbocycles. The Labute approximate surface area is 228 Å².